The molecule has 1 N–H and O–H groups in total. The van der Waals surface area contributed by atoms with Crippen molar-refractivity contribution in [3.05, 3.63) is 41.9 Å². The number of likely N-dealkylation sites (tertiary alicyclic amines) is 1. The highest BCUT2D eigenvalue weighted by molar-refractivity contribution is 7.18. The normalized spacial score (nSPS) is 17.0. The molecule has 1 unspecified atom stereocenters. The number of amides is 2. The van der Waals surface area contributed by atoms with Gasteiger partial charge in [0.1, 0.15) is 5.69 Å². The van der Waals surface area contributed by atoms with Crippen molar-refractivity contribution in [2.75, 3.05) is 11.9 Å². The van der Waals surface area contributed by atoms with Gasteiger partial charge < -0.3 is 9.42 Å². The highest BCUT2D eigenvalue weighted by atomic mass is 32.1. The number of carbonyl (C=O) groups is 1. The van der Waals surface area contributed by atoms with Gasteiger partial charge in [0.05, 0.1) is 11.7 Å². The first kappa shape index (κ1) is 15.7. The lowest BCUT2D eigenvalue weighted by atomic mass is 10.1. The third-order valence-corrected chi connectivity index (χ3v) is 4.87. The van der Waals surface area contributed by atoms with E-state index < -0.39 is 0 Å². The van der Waals surface area contributed by atoms with Crippen LogP contribution in [0.2, 0.25) is 0 Å². The largest absolute Gasteiger partial charge is 0.359 e. The number of nitrogens with zero attached hydrogens (tertiary/aromatic N) is 5. The maximum atomic E-state index is 12.6. The number of hydrogen-bond donors (Lipinski definition) is 1. The van der Waals surface area contributed by atoms with Gasteiger partial charge in [0, 0.05) is 18.8 Å². The fourth-order valence-electron chi connectivity index (χ4n) is 2.88. The first-order valence-corrected chi connectivity index (χ1v) is 8.78. The van der Waals surface area contributed by atoms with E-state index in [9.17, 15) is 4.79 Å². The van der Waals surface area contributed by atoms with E-state index in [0.717, 1.165) is 30.0 Å². The maximum Gasteiger partial charge on any atom is 0.324 e. The minimum absolute atomic E-state index is 0.0932. The average molecular weight is 356 g/mol. The zero-order valence-corrected chi connectivity index (χ0v) is 14.4. The van der Waals surface area contributed by atoms with Crippen LogP contribution in [0.5, 0.6) is 0 Å². The molecule has 1 fully saturated rings. The van der Waals surface area contributed by atoms with Crippen molar-refractivity contribution in [2.45, 2.75) is 25.8 Å². The molecule has 1 aliphatic heterocycles. The molecule has 3 aromatic heterocycles. The lowest BCUT2D eigenvalue weighted by Gasteiger charge is -2.22. The van der Waals surface area contributed by atoms with E-state index in [1.54, 1.807) is 11.1 Å². The Morgan fingerprint density at radius 3 is 3.08 bits per heavy atom. The SMILES string of the molecule is Cc1cc(C2CCCN2C(=O)Nc2nnc(-c3ccccn3)s2)on1. The van der Waals surface area contributed by atoms with Crippen molar-refractivity contribution in [3.63, 3.8) is 0 Å². The van der Waals surface area contributed by atoms with Gasteiger partial charge in [-0.2, -0.15) is 0 Å². The fourth-order valence-corrected chi connectivity index (χ4v) is 3.59. The number of rotatable bonds is 3. The molecule has 0 aliphatic carbocycles. The maximum absolute atomic E-state index is 12.6. The minimum Gasteiger partial charge on any atom is -0.359 e. The summed E-state index contributed by atoms with van der Waals surface area (Å²) in [6.45, 7) is 2.54. The molecule has 0 bridgehead atoms. The Labute approximate surface area is 147 Å². The molecule has 0 spiro atoms. The van der Waals surface area contributed by atoms with Gasteiger partial charge in [0.2, 0.25) is 5.13 Å². The van der Waals surface area contributed by atoms with Crippen LogP contribution >= 0.6 is 11.3 Å². The monoisotopic (exact) mass is 356 g/mol. The van der Waals surface area contributed by atoms with E-state index in [4.69, 9.17) is 4.52 Å². The van der Waals surface area contributed by atoms with Crippen LogP contribution in [0.3, 0.4) is 0 Å². The second-order valence-corrected chi connectivity index (χ2v) is 6.76. The van der Waals surface area contributed by atoms with E-state index in [-0.39, 0.29) is 12.1 Å². The Hall–Kier alpha value is -2.81. The lowest BCUT2D eigenvalue weighted by Crippen LogP contribution is -2.34. The molecule has 8 nitrogen and oxygen atoms in total. The Balaban J connectivity index is 1.47. The quantitative estimate of drug-likeness (QED) is 0.773. The number of urea groups is 1. The summed E-state index contributed by atoms with van der Waals surface area (Å²) in [6.07, 6.45) is 3.48. The van der Waals surface area contributed by atoms with Crippen LogP contribution in [0.4, 0.5) is 9.93 Å². The summed E-state index contributed by atoms with van der Waals surface area (Å²) in [4.78, 5) is 18.6. The van der Waals surface area contributed by atoms with Gasteiger partial charge in [-0.15, -0.1) is 10.2 Å². The number of anilines is 1. The zero-order valence-electron chi connectivity index (χ0n) is 13.5. The molecular formula is C16H16N6O2S. The molecule has 1 atom stereocenters. The highest BCUT2D eigenvalue weighted by Crippen LogP contribution is 2.33. The molecule has 25 heavy (non-hydrogen) atoms. The van der Waals surface area contributed by atoms with Crippen molar-refractivity contribution in [2.24, 2.45) is 0 Å². The summed E-state index contributed by atoms with van der Waals surface area (Å²) in [5, 5.41) is 16.0. The first-order valence-electron chi connectivity index (χ1n) is 7.96. The smallest absolute Gasteiger partial charge is 0.324 e. The Morgan fingerprint density at radius 2 is 2.32 bits per heavy atom. The number of aryl methyl sites for hydroxylation is 1. The lowest BCUT2D eigenvalue weighted by molar-refractivity contribution is 0.195. The summed E-state index contributed by atoms with van der Waals surface area (Å²) in [7, 11) is 0. The first-order chi connectivity index (χ1) is 12.2. The summed E-state index contributed by atoms with van der Waals surface area (Å²) < 4.78 is 5.34. The second-order valence-electron chi connectivity index (χ2n) is 5.78. The van der Waals surface area contributed by atoms with Gasteiger partial charge in [-0.1, -0.05) is 22.6 Å². The van der Waals surface area contributed by atoms with Crippen molar-refractivity contribution in [1.82, 2.24) is 25.2 Å². The Bertz CT molecular complexity index is 878. The third kappa shape index (κ3) is 3.22. The van der Waals surface area contributed by atoms with Crippen molar-refractivity contribution in [3.8, 4) is 10.7 Å². The van der Waals surface area contributed by atoms with Crippen molar-refractivity contribution >= 4 is 22.5 Å². The third-order valence-electron chi connectivity index (χ3n) is 4.01. The van der Waals surface area contributed by atoms with E-state index in [0.29, 0.717) is 16.7 Å². The van der Waals surface area contributed by atoms with Crippen LogP contribution < -0.4 is 5.32 Å². The van der Waals surface area contributed by atoms with E-state index in [1.165, 1.54) is 11.3 Å². The zero-order chi connectivity index (χ0) is 17.2. The average Bonchev–Trinajstić information content (AvgIpc) is 3.35. The Morgan fingerprint density at radius 1 is 1.40 bits per heavy atom. The van der Waals surface area contributed by atoms with Crippen LogP contribution in [0.25, 0.3) is 10.7 Å². The molecule has 0 aromatic carbocycles. The van der Waals surface area contributed by atoms with E-state index in [1.807, 2.05) is 31.2 Å². The minimum atomic E-state index is -0.208. The van der Waals surface area contributed by atoms with Gasteiger partial charge >= 0.3 is 6.03 Å². The predicted octanol–water partition coefficient (Wildman–Crippen LogP) is 3.27. The van der Waals surface area contributed by atoms with Crippen LogP contribution in [0.1, 0.15) is 30.3 Å². The topological polar surface area (TPSA) is 97.0 Å². The van der Waals surface area contributed by atoms with Crippen LogP contribution in [-0.2, 0) is 0 Å². The van der Waals surface area contributed by atoms with Gasteiger partial charge in [0.25, 0.3) is 0 Å². The van der Waals surface area contributed by atoms with Gasteiger partial charge in [0.15, 0.2) is 10.8 Å². The van der Waals surface area contributed by atoms with Crippen LogP contribution in [-0.4, -0.2) is 37.8 Å². The molecule has 1 saturated heterocycles. The molecule has 128 valence electrons. The molecule has 2 amide bonds. The molecule has 3 aromatic rings. The van der Waals surface area contributed by atoms with Gasteiger partial charge in [-0.05, 0) is 31.9 Å². The molecular weight excluding hydrogens is 340 g/mol. The molecule has 0 radical (unpaired) electrons. The summed E-state index contributed by atoms with van der Waals surface area (Å²) in [5.74, 6) is 0.719. The van der Waals surface area contributed by atoms with Gasteiger partial charge in [-0.25, -0.2) is 4.79 Å². The fraction of sp³-hybridized carbons (Fsp3) is 0.312. The highest BCUT2D eigenvalue weighted by Gasteiger charge is 2.33. The predicted molar refractivity (Wildman–Crippen MR) is 92.1 cm³/mol. The number of pyridine rings is 1. The molecule has 9 heteroatoms. The number of carbonyl (C=O) groups excluding carboxylic acids is 1. The van der Waals surface area contributed by atoms with Crippen molar-refractivity contribution in [1.29, 1.82) is 0 Å². The van der Waals surface area contributed by atoms with E-state index >= 15 is 0 Å². The molecule has 0 saturated carbocycles. The molecule has 4 rings (SSSR count). The van der Waals surface area contributed by atoms with Crippen LogP contribution in [0.15, 0.2) is 35.0 Å². The van der Waals surface area contributed by atoms with Crippen molar-refractivity contribution < 1.29 is 9.32 Å². The number of nitrogens with one attached hydrogen (secondary N) is 1. The van der Waals surface area contributed by atoms with Crippen LogP contribution in [0, 0.1) is 6.92 Å². The Kier molecular flexibility index (Phi) is 4.14. The van der Waals surface area contributed by atoms with Gasteiger partial charge in [-0.3, -0.25) is 10.3 Å². The summed E-state index contributed by atoms with van der Waals surface area (Å²) >= 11 is 1.30. The molecule has 4 heterocycles. The number of aromatic nitrogens is 4. The second kappa shape index (κ2) is 6.60. The number of hydrogen-bond acceptors (Lipinski definition) is 7. The summed E-state index contributed by atoms with van der Waals surface area (Å²) in [5.41, 5.74) is 1.54. The van der Waals surface area contributed by atoms with E-state index in [2.05, 4.69) is 25.7 Å². The summed E-state index contributed by atoms with van der Waals surface area (Å²) in [6, 6.07) is 7.15. The standard InChI is InChI=1S/C16H16N6O2S/c1-10-9-13(24-21-10)12-6-4-8-22(12)16(23)18-15-20-19-14(25-15)11-5-2-3-7-17-11/h2-3,5,7,9,12H,4,6,8H2,1H3,(H,18,20,23). The molecule has 1 aliphatic rings.